The number of methoxy groups -OCH3 is 1. The van der Waals surface area contributed by atoms with Crippen LogP contribution in [0.5, 0.6) is 11.5 Å². The van der Waals surface area contributed by atoms with Crippen molar-refractivity contribution in [3.63, 3.8) is 0 Å². The fraction of sp³-hybridized carbons (Fsp3) is 0.136. The number of para-hydroxylation sites is 1. The van der Waals surface area contributed by atoms with Gasteiger partial charge >= 0.3 is 0 Å². The molecular weight excluding hydrogens is 398 g/mol. The zero-order valence-corrected chi connectivity index (χ0v) is 17.1. The van der Waals surface area contributed by atoms with Crippen LogP contribution in [0.2, 0.25) is 0 Å². The highest BCUT2D eigenvalue weighted by atomic mass is 16.5. The van der Waals surface area contributed by atoms with E-state index in [-0.39, 0.29) is 28.3 Å². The summed E-state index contributed by atoms with van der Waals surface area (Å²) in [6, 6.07) is 13.4. The molecule has 3 rings (SSSR count). The summed E-state index contributed by atoms with van der Waals surface area (Å²) in [6.07, 6.45) is 1.36. The molecule has 0 radical (unpaired) electrons. The molecule has 31 heavy (non-hydrogen) atoms. The minimum absolute atomic E-state index is 0.0222. The number of nitrogens with one attached hydrogen (secondary N) is 1. The largest absolute Gasteiger partial charge is 0.504 e. The van der Waals surface area contributed by atoms with Crippen molar-refractivity contribution in [1.29, 1.82) is 5.26 Å². The number of hydrogen-bond donors (Lipinski definition) is 2. The highest BCUT2D eigenvalue weighted by molar-refractivity contribution is 5.94. The van der Waals surface area contributed by atoms with Gasteiger partial charge in [0.15, 0.2) is 17.2 Å². The fourth-order valence-corrected chi connectivity index (χ4v) is 2.91. The number of nitriles is 1. The van der Waals surface area contributed by atoms with Crippen molar-refractivity contribution in [3.05, 3.63) is 80.8 Å². The highest BCUT2D eigenvalue weighted by Gasteiger charge is 2.20. The standard InChI is InChI=1S/C22H19N5O4/c1-13-6-4-5-7-17(13)27-22(30)16(11-23)14(2)20(26-27)21(29)25-24-12-15-8-9-18(28)19(10-15)31-3/h4-10,12,28H,1-3H3,(H,25,29)/b24-12+. The molecular formula is C22H19N5O4. The highest BCUT2D eigenvalue weighted by Crippen LogP contribution is 2.25. The number of nitrogens with zero attached hydrogens (tertiary/aromatic N) is 4. The number of benzene rings is 2. The Balaban J connectivity index is 1.96. The van der Waals surface area contributed by atoms with Crippen molar-refractivity contribution in [2.24, 2.45) is 5.10 Å². The van der Waals surface area contributed by atoms with Crippen LogP contribution in [0.1, 0.15) is 32.7 Å². The Kier molecular flexibility index (Phi) is 6.12. The number of amides is 1. The lowest BCUT2D eigenvalue weighted by atomic mass is 10.1. The van der Waals surface area contributed by atoms with Crippen LogP contribution >= 0.6 is 0 Å². The number of hydrazone groups is 1. The van der Waals surface area contributed by atoms with Gasteiger partial charge in [-0.25, -0.2) is 5.43 Å². The van der Waals surface area contributed by atoms with Crippen LogP contribution in [-0.2, 0) is 0 Å². The number of carbonyl (C=O) groups excluding carboxylic acids is 1. The van der Waals surface area contributed by atoms with Crippen molar-refractivity contribution in [1.82, 2.24) is 15.2 Å². The molecule has 2 aromatic carbocycles. The summed E-state index contributed by atoms with van der Waals surface area (Å²) in [5, 5.41) is 27.2. The maximum Gasteiger partial charge on any atom is 0.292 e. The van der Waals surface area contributed by atoms with Gasteiger partial charge in [-0.1, -0.05) is 18.2 Å². The number of aryl methyl sites for hydroxylation is 1. The third-order valence-corrected chi connectivity index (χ3v) is 4.59. The second-order valence-electron chi connectivity index (χ2n) is 6.59. The molecule has 0 saturated heterocycles. The molecule has 0 aliphatic rings. The minimum Gasteiger partial charge on any atom is -0.504 e. The quantitative estimate of drug-likeness (QED) is 0.484. The maximum absolute atomic E-state index is 12.7. The SMILES string of the molecule is COc1cc(/C=N/NC(=O)c2nn(-c3ccccc3C)c(=O)c(C#N)c2C)ccc1O. The Morgan fingerprint density at radius 2 is 2.03 bits per heavy atom. The molecule has 1 amide bonds. The molecule has 0 aliphatic carbocycles. The molecule has 156 valence electrons. The first-order valence-electron chi connectivity index (χ1n) is 9.17. The van der Waals surface area contributed by atoms with Crippen LogP contribution in [0.15, 0.2) is 52.4 Å². The van der Waals surface area contributed by atoms with Crippen molar-refractivity contribution >= 4 is 12.1 Å². The van der Waals surface area contributed by atoms with Gasteiger partial charge in [0, 0.05) is 5.56 Å². The van der Waals surface area contributed by atoms with E-state index in [1.54, 1.807) is 37.3 Å². The van der Waals surface area contributed by atoms with Crippen LogP contribution in [-0.4, -0.2) is 34.1 Å². The van der Waals surface area contributed by atoms with E-state index in [9.17, 15) is 20.0 Å². The van der Waals surface area contributed by atoms with Gasteiger partial charge in [0.25, 0.3) is 11.5 Å². The Morgan fingerprint density at radius 1 is 1.29 bits per heavy atom. The van der Waals surface area contributed by atoms with Crippen LogP contribution in [0.3, 0.4) is 0 Å². The number of rotatable bonds is 5. The molecule has 9 nitrogen and oxygen atoms in total. The number of aromatic nitrogens is 2. The van der Waals surface area contributed by atoms with Crippen molar-refractivity contribution in [3.8, 4) is 23.3 Å². The number of hydrogen-bond acceptors (Lipinski definition) is 7. The van der Waals surface area contributed by atoms with E-state index in [2.05, 4.69) is 15.6 Å². The van der Waals surface area contributed by atoms with Gasteiger partial charge in [0.1, 0.15) is 11.6 Å². The van der Waals surface area contributed by atoms with Gasteiger partial charge < -0.3 is 9.84 Å². The zero-order chi connectivity index (χ0) is 22.5. The third-order valence-electron chi connectivity index (χ3n) is 4.59. The van der Waals surface area contributed by atoms with E-state index < -0.39 is 11.5 Å². The number of phenols is 1. The summed E-state index contributed by atoms with van der Waals surface area (Å²) in [5.41, 5.74) is 3.43. The first kappa shape index (κ1) is 21.3. The molecule has 0 saturated carbocycles. The molecule has 2 N–H and O–H groups in total. The Bertz CT molecular complexity index is 1290. The summed E-state index contributed by atoms with van der Waals surface area (Å²) < 4.78 is 6.07. The van der Waals surface area contributed by atoms with E-state index >= 15 is 0 Å². The monoisotopic (exact) mass is 417 g/mol. The number of aromatic hydroxyl groups is 1. The molecule has 1 heterocycles. The number of ether oxygens (including phenoxy) is 1. The summed E-state index contributed by atoms with van der Waals surface area (Å²) in [4.78, 5) is 25.4. The lowest BCUT2D eigenvalue weighted by Gasteiger charge is -2.12. The van der Waals surface area contributed by atoms with E-state index in [1.807, 2.05) is 12.1 Å². The predicted molar refractivity (Wildman–Crippen MR) is 114 cm³/mol. The van der Waals surface area contributed by atoms with Gasteiger partial charge in [-0.05, 0) is 49.2 Å². The van der Waals surface area contributed by atoms with E-state index in [0.29, 0.717) is 11.3 Å². The predicted octanol–water partition coefficient (Wildman–Crippen LogP) is 2.20. The normalized spacial score (nSPS) is 10.6. The minimum atomic E-state index is -0.682. The van der Waals surface area contributed by atoms with Gasteiger partial charge in [0.05, 0.1) is 19.0 Å². The summed E-state index contributed by atoms with van der Waals surface area (Å²) in [5.74, 6) is -0.443. The summed E-state index contributed by atoms with van der Waals surface area (Å²) >= 11 is 0. The van der Waals surface area contributed by atoms with E-state index in [0.717, 1.165) is 10.2 Å². The van der Waals surface area contributed by atoms with E-state index in [1.165, 1.54) is 26.3 Å². The number of phenolic OH excluding ortho intramolecular Hbond substituents is 1. The molecule has 0 unspecified atom stereocenters. The zero-order valence-electron chi connectivity index (χ0n) is 17.1. The second-order valence-corrected chi connectivity index (χ2v) is 6.59. The van der Waals surface area contributed by atoms with Crippen LogP contribution < -0.4 is 15.7 Å². The van der Waals surface area contributed by atoms with Gasteiger partial charge in [-0.2, -0.15) is 20.1 Å². The average Bonchev–Trinajstić information content (AvgIpc) is 2.76. The Hall–Kier alpha value is -4.45. The van der Waals surface area contributed by atoms with Crippen LogP contribution in [0.4, 0.5) is 0 Å². The van der Waals surface area contributed by atoms with E-state index in [4.69, 9.17) is 4.74 Å². The first-order chi connectivity index (χ1) is 14.9. The van der Waals surface area contributed by atoms with Crippen molar-refractivity contribution in [2.75, 3.05) is 7.11 Å². The summed E-state index contributed by atoms with van der Waals surface area (Å²) in [6.45, 7) is 3.28. The Labute approximate surface area is 177 Å². The first-order valence-corrected chi connectivity index (χ1v) is 9.17. The molecule has 0 spiro atoms. The molecule has 0 bridgehead atoms. The van der Waals surface area contributed by atoms with Crippen molar-refractivity contribution < 1.29 is 14.6 Å². The second kappa shape index (κ2) is 8.92. The molecule has 0 fully saturated rings. The molecule has 0 aliphatic heterocycles. The van der Waals surface area contributed by atoms with Gasteiger partial charge in [-0.15, -0.1) is 0 Å². The molecule has 0 atom stereocenters. The fourth-order valence-electron chi connectivity index (χ4n) is 2.91. The molecule has 3 aromatic rings. The van der Waals surface area contributed by atoms with Gasteiger partial charge in [-0.3, -0.25) is 9.59 Å². The Morgan fingerprint density at radius 3 is 2.71 bits per heavy atom. The topological polar surface area (TPSA) is 130 Å². The number of carbonyl (C=O) groups is 1. The molecule has 1 aromatic heterocycles. The lowest BCUT2D eigenvalue weighted by Crippen LogP contribution is -2.31. The lowest BCUT2D eigenvalue weighted by molar-refractivity contribution is 0.0947. The third kappa shape index (κ3) is 4.28. The maximum atomic E-state index is 12.7. The smallest absolute Gasteiger partial charge is 0.292 e. The van der Waals surface area contributed by atoms with Crippen LogP contribution in [0, 0.1) is 25.2 Å². The molecule has 9 heteroatoms. The average molecular weight is 417 g/mol. The summed E-state index contributed by atoms with van der Waals surface area (Å²) in [7, 11) is 1.42. The van der Waals surface area contributed by atoms with Gasteiger partial charge in [0.2, 0.25) is 0 Å². The van der Waals surface area contributed by atoms with Crippen LogP contribution in [0.25, 0.3) is 5.69 Å². The van der Waals surface area contributed by atoms with Crippen molar-refractivity contribution in [2.45, 2.75) is 13.8 Å².